The average Bonchev–Trinajstić information content (AvgIpc) is 3.22. The van der Waals surface area contributed by atoms with Gasteiger partial charge in [0.2, 0.25) is 5.82 Å². The number of benzene rings is 2. The van der Waals surface area contributed by atoms with Crippen LogP contribution in [0, 0.1) is 11.3 Å². The zero-order chi connectivity index (χ0) is 18.2. The number of allylic oxidation sites excluding steroid dienone is 1. The molecule has 8 nitrogen and oxygen atoms in total. The van der Waals surface area contributed by atoms with E-state index in [1.807, 2.05) is 54.6 Å². The van der Waals surface area contributed by atoms with Gasteiger partial charge in [-0.25, -0.2) is 0 Å². The number of aromatic nitrogens is 4. The highest BCUT2D eigenvalue weighted by Crippen LogP contribution is 2.19. The second-order valence-corrected chi connectivity index (χ2v) is 5.21. The molecule has 2 aromatic carbocycles. The van der Waals surface area contributed by atoms with E-state index in [4.69, 9.17) is 14.7 Å². The fraction of sp³-hybridized carbons (Fsp3) is 0.111. The SMILES string of the molecule is COc1ccc(OCc2cccc(NC=C(C#N)c3nn[nH]n3)c2)cc1. The molecule has 0 aliphatic rings. The highest BCUT2D eigenvalue weighted by Gasteiger charge is 2.05. The Labute approximate surface area is 150 Å². The molecule has 1 heterocycles. The molecule has 0 bridgehead atoms. The van der Waals surface area contributed by atoms with Crippen LogP contribution in [0.1, 0.15) is 11.4 Å². The average molecular weight is 348 g/mol. The number of hydrogen-bond acceptors (Lipinski definition) is 7. The Balaban J connectivity index is 1.63. The van der Waals surface area contributed by atoms with Gasteiger partial charge in [0.05, 0.1) is 7.11 Å². The molecule has 0 aliphatic carbocycles. The van der Waals surface area contributed by atoms with Gasteiger partial charge in [-0.2, -0.15) is 10.5 Å². The van der Waals surface area contributed by atoms with Crippen LogP contribution in [0.15, 0.2) is 54.7 Å². The molecule has 0 unspecified atom stereocenters. The molecule has 3 aromatic rings. The summed E-state index contributed by atoms with van der Waals surface area (Å²) in [5.74, 6) is 1.78. The summed E-state index contributed by atoms with van der Waals surface area (Å²) in [7, 11) is 1.62. The van der Waals surface area contributed by atoms with Gasteiger partial charge in [-0.3, -0.25) is 0 Å². The van der Waals surface area contributed by atoms with E-state index < -0.39 is 0 Å². The number of nitrogens with zero attached hydrogens (tertiary/aromatic N) is 4. The molecule has 0 aliphatic heterocycles. The first-order valence-electron chi connectivity index (χ1n) is 7.75. The summed E-state index contributed by atoms with van der Waals surface area (Å²) in [6.07, 6.45) is 1.54. The molecular weight excluding hydrogens is 332 g/mol. The number of H-pyrrole nitrogens is 1. The van der Waals surface area contributed by atoms with Crippen molar-refractivity contribution >= 4 is 11.3 Å². The Kier molecular flexibility index (Phi) is 5.42. The third-order valence-corrected chi connectivity index (χ3v) is 3.48. The maximum atomic E-state index is 9.17. The lowest BCUT2D eigenvalue weighted by atomic mass is 10.2. The van der Waals surface area contributed by atoms with Crippen LogP contribution in [-0.4, -0.2) is 27.7 Å². The van der Waals surface area contributed by atoms with E-state index in [0.29, 0.717) is 6.61 Å². The van der Waals surface area contributed by atoms with Crippen molar-refractivity contribution in [3.8, 4) is 17.6 Å². The summed E-state index contributed by atoms with van der Waals surface area (Å²) >= 11 is 0. The number of rotatable bonds is 7. The molecule has 0 saturated carbocycles. The first-order valence-corrected chi connectivity index (χ1v) is 7.75. The zero-order valence-corrected chi connectivity index (χ0v) is 14.0. The minimum absolute atomic E-state index is 0.235. The van der Waals surface area contributed by atoms with E-state index in [2.05, 4.69) is 25.9 Å². The Morgan fingerprint density at radius 3 is 2.73 bits per heavy atom. The number of tetrazole rings is 1. The van der Waals surface area contributed by atoms with Crippen LogP contribution < -0.4 is 14.8 Å². The fourth-order valence-electron chi connectivity index (χ4n) is 2.17. The highest BCUT2D eigenvalue weighted by atomic mass is 16.5. The van der Waals surface area contributed by atoms with E-state index in [9.17, 15) is 0 Å². The van der Waals surface area contributed by atoms with Crippen molar-refractivity contribution < 1.29 is 9.47 Å². The number of nitriles is 1. The van der Waals surface area contributed by atoms with Gasteiger partial charge in [0.1, 0.15) is 29.7 Å². The lowest BCUT2D eigenvalue weighted by Crippen LogP contribution is -1.97. The highest BCUT2D eigenvalue weighted by molar-refractivity contribution is 5.74. The second-order valence-electron chi connectivity index (χ2n) is 5.21. The van der Waals surface area contributed by atoms with E-state index in [-0.39, 0.29) is 11.4 Å². The molecule has 0 radical (unpaired) electrons. The standard InChI is InChI=1S/C18H16N6O2/c1-25-16-5-7-17(8-6-16)26-12-13-3-2-4-15(9-13)20-11-14(10-19)18-21-23-24-22-18/h2-9,11,20H,12H2,1H3,(H,21,22,23,24). The lowest BCUT2D eigenvalue weighted by molar-refractivity contribution is 0.305. The number of hydrogen-bond donors (Lipinski definition) is 2. The maximum absolute atomic E-state index is 9.17. The Bertz CT molecular complexity index is 914. The smallest absolute Gasteiger partial charge is 0.216 e. The van der Waals surface area contributed by atoms with Crippen molar-refractivity contribution in [3.05, 3.63) is 66.1 Å². The Hall–Kier alpha value is -3.86. The molecule has 3 rings (SSSR count). The van der Waals surface area contributed by atoms with Gasteiger partial charge >= 0.3 is 0 Å². The van der Waals surface area contributed by atoms with Gasteiger partial charge < -0.3 is 14.8 Å². The van der Waals surface area contributed by atoms with Crippen molar-refractivity contribution in [2.75, 3.05) is 12.4 Å². The molecule has 0 spiro atoms. The van der Waals surface area contributed by atoms with Crippen LogP contribution in [0.4, 0.5) is 5.69 Å². The monoisotopic (exact) mass is 348 g/mol. The summed E-state index contributed by atoms with van der Waals surface area (Å²) in [6, 6.07) is 17.1. The summed E-state index contributed by atoms with van der Waals surface area (Å²) < 4.78 is 10.9. The third kappa shape index (κ3) is 4.36. The summed E-state index contributed by atoms with van der Waals surface area (Å²) in [6.45, 7) is 0.418. The lowest BCUT2D eigenvalue weighted by Gasteiger charge is -2.09. The second kappa shape index (κ2) is 8.30. The molecule has 2 N–H and O–H groups in total. The van der Waals surface area contributed by atoms with Gasteiger partial charge in [-0.15, -0.1) is 10.2 Å². The predicted molar refractivity (Wildman–Crippen MR) is 95.2 cm³/mol. The van der Waals surface area contributed by atoms with E-state index in [0.717, 1.165) is 22.7 Å². The molecule has 0 saturated heterocycles. The van der Waals surface area contributed by atoms with Crippen LogP contribution >= 0.6 is 0 Å². The van der Waals surface area contributed by atoms with Crippen LogP contribution in [-0.2, 0) is 6.61 Å². The first-order chi connectivity index (χ1) is 12.8. The summed E-state index contributed by atoms with van der Waals surface area (Å²) in [5, 5.41) is 25.6. The normalized spacial score (nSPS) is 10.8. The fourth-order valence-corrected chi connectivity index (χ4v) is 2.17. The van der Waals surface area contributed by atoms with Crippen molar-refractivity contribution in [1.82, 2.24) is 20.6 Å². The van der Waals surface area contributed by atoms with Crippen LogP contribution in [0.5, 0.6) is 11.5 Å². The van der Waals surface area contributed by atoms with E-state index in [1.165, 1.54) is 6.20 Å². The maximum Gasteiger partial charge on any atom is 0.216 e. The Morgan fingerprint density at radius 2 is 2.04 bits per heavy atom. The quantitative estimate of drug-likeness (QED) is 0.632. The molecular formula is C18H16N6O2. The van der Waals surface area contributed by atoms with Gasteiger partial charge in [-0.05, 0) is 47.2 Å². The van der Waals surface area contributed by atoms with Crippen molar-refractivity contribution in [3.63, 3.8) is 0 Å². The van der Waals surface area contributed by atoms with E-state index in [1.54, 1.807) is 7.11 Å². The van der Waals surface area contributed by atoms with E-state index >= 15 is 0 Å². The third-order valence-electron chi connectivity index (χ3n) is 3.48. The first kappa shape index (κ1) is 17.0. The molecule has 0 fully saturated rings. The molecule has 0 atom stereocenters. The van der Waals surface area contributed by atoms with Crippen molar-refractivity contribution in [1.29, 1.82) is 5.26 Å². The van der Waals surface area contributed by atoms with Gasteiger partial charge in [0.25, 0.3) is 0 Å². The zero-order valence-electron chi connectivity index (χ0n) is 14.0. The number of nitrogens with one attached hydrogen (secondary N) is 2. The topological polar surface area (TPSA) is 109 Å². The number of anilines is 1. The molecule has 8 heteroatoms. The largest absolute Gasteiger partial charge is 0.497 e. The van der Waals surface area contributed by atoms with Crippen LogP contribution in [0.3, 0.4) is 0 Å². The molecule has 0 amide bonds. The molecule has 1 aromatic heterocycles. The minimum atomic E-state index is 0.235. The number of ether oxygens (including phenoxy) is 2. The van der Waals surface area contributed by atoms with Crippen molar-refractivity contribution in [2.45, 2.75) is 6.61 Å². The van der Waals surface area contributed by atoms with Crippen molar-refractivity contribution in [2.24, 2.45) is 0 Å². The molecule has 130 valence electrons. The van der Waals surface area contributed by atoms with Gasteiger partial charge in [0, 0.05) is 11.9 Å². The van der Waals surface area contributed by atoms with Crippen LogP contribution in [0.2, 0.25) is 0 Å². The summed E-state index contributed by atoms with van der Waals surface area (Å²) in [4.78, 5) is 0. The van der Waals surface area contributed by atoms with Gasteiger partial charge in [-0.1, -0.05) is 12.1 Å². The number of methoxy groups -OCH3 is 1. The summed E-state index contributed by atoms with van der Waals surface area (Å²) in [5.41, 5.74) is 2.08. The minimum Gasteiger partial charge on any atom is -0.497 e. The number of aromatic amines is 1. The predicted octanol–water partition coefficient (Wildman–Crippen LogP) is 2.76. The Morgan fingerprint density at radius 1 is 1.23 bits per heavy atom. The molecule has 26 heavy (non-hydrogen) atoms. The van der Waals surface area contributed by atoms with Crippen LogP contribution in [0.25, 0.3) is 5.57 Å². The van der Waals surface area contributed by atoms with Gasteiger partial charge in [0.15, 0.2) is 0 Å².